The lowest BCUT2D eigenvalue weighted by Gasteiger charge is -2.09. The van der Waals surface area contributed by atoms with E-state index in [1.165, 1.54) is 5.56 Å². The molecule has 0 fully saturated rings. The fourth-order valence-electron chi connectivity index (χ4n) is 1.75. The monoisotopic (exact) mass is 319 g/mol. The van der Waals surface area contributed by atoms with Crippen molar-refractivity contribution in [3.63, 3.8) is 0 Å². The molecule has 0 aliphatic carbocycles. The summed E-state index contributed by atoms with van der Waals surface area (Å²) in [4.78, 5) is 11.6. The minimum absolute atomic E-state index is 0.0751. The van der Waals surface area contributed by atoms with E-state index in [4.69, 9.17) is 21.1 Å². The fourth-order valence-corrected chi connectivity index (χ4v) is 1.94. The van der Waals surface area contributed by atoms with Gasteiger partial charge in [0.2, 0.25) is 0 Å². The van der Waals surface area contributed by atoms with Gasteiger partial charge in [-0.05, 0) is 31.2 Å². The van der Waals surface area contributed by atoms with Crippen LogP contribution in [-0.2, 0) is 4.79 Å². The SMILES string of the molecule is Cc1ccc(OCCNC(=O)COc2ccccc2Cl)cc1. The lowest BCUT2D eigenvalue weighted by molar-refractivity contribution is -0.123. The molecule has 2 aromatic rings. The zero-order valence-corrected chi connectivity index (χ0v) is 13.1. The van der Waals surface area contributed by atoms with Crippen LogP contribution in [-0.4, -0.2) is 25.7 Å². The third kappa shape index (κ3) is 5.30. The Balaban J connectivity index is 1.64. The van der Waals surface area contributed by atoms with Gasteiger partial charge in [0.25, 0.3) is 5.91 Å². The van der Waals surface area contributed by atoms with Crippen LogP contribution in [0, 0.1) is 6.92 Å². The molecule has 0 aromatic heterocycles. The van der Waals surface area contributed by atoms with Gasteiger partial charge in [0.1, 0.15) is 18.1 Å². The Hall–Kier alpha value is -2.20. The summed E-state index contributed by atoms with van der Waals surface area (Å²) >= 11 is 5.94. The number of hydrogen-bond acceptors (Lipinski definition) is 3. The molecule has 0 aliphatic heterocycles. The summed E-state index contributed by atoms with van der Waals surface area (Å²) in [6, 6.07) is 14.8. The number of amides is 1. The van der Waals surface area contributed by atoms with Crippen molar-refractivity contribution in [2.24, 2.45) is 0 Å². The Morgan fingerprint density at radius 1 is 1.09 bits per heavy atom. The van der Waals surface area contributed by atoms with E-state index in [9.17, 15) is 4.79 Å². The maximum Gasteiger partial charge on any atom is 0.258 e. The number of para-hydroxylation sites is 1. The van der Waals surface area contributed by atoms with Crippen LogP contribution >= 0.6 is 11.6 Å². The van der Waals surface area contributed by atoms with Crippen molar-refractivity contribution < 1.29 is 14.3 Å². The van der Waals surface area contributed by atoms with Crippen molar-refractivity contribution in [2.45, 2.75) is 6.92 Å². The van der Waals surface area contributed by atoms with E-state index in [1.54, 1.807) is 24.3 Å². The third-order valence-electron chi connectivity index (χ3n) is 2.91. The second-order valence-electron chi connectivity index (χ2n) is 4.73. The molecular formula is C17H18ClNO3. The van der Waals surface area contributed by atoms with E-state index >= 15 is 0 Å². The molecule has 2 rings (SSSR count). The van der Waals surface area contributed by atoms with Gasteiger partial charge in [0, 0.05) is 0 Å². The summed E-state index contributed by atoms with van der Waals surface area (Å²) in [5, 5.41) is 3.21. The fraction of sp³-hybridized carbons (Fsp3) is 0.235. The molecule has 4 nitrogen and oxygen atoms in total. The highest BCUT2D eigenvalue weighted by Gasteiger charge is 2.04. The lowest BCUT2D eigenvalue weighted by atomic mass is 10.2. The van der Waals surface area contributed by atoms with Gasteiger partial charge in [-0.2, -0.15) is 0 Å². The first kappa shape index (κ1) is 16.2. The maximum absolute atomic E-state index is 11.6. The smallest absolute Gasteiger partial charge is 0.258 e. The van der Waals surface area contributed by atoms with E-state index in [0.717, 1.165) is 5.75 Å². The van der Waals surface area contributed by atoms with E-state index in [1.807, 2.05) is 31.2 Å². The number of hydrogen-bond donors (Lipinski definition) is 1. The van der Waals surface area contributed by atoms with Crippen molar-refractivity contribution in [2.75, 3.05) is 19.8 Å². The van der Waals surface area contributed by atoms with Gasteiger partial charge < -0.3 is 14.8 Å². The van der Waals surface area contributed by atoms with Crippen LogP contribution in [0.5, 0.6) is 11.5 Å². The highest BCUT2D eigenvalue weighted by atomic mass is 35.5. The summed E-state index contributed by atoms with van der Waals surface area (Å²) in [5.74, 6) is 1.06. The van der Waals surface area contributed by atoms with Crippen LogP contribution in [0.4, 0.5) is 0 Å². The van der Waals surface area contributed by atoms with Crippen LogP contribution in [0.25, 0.3) is 0 Å². The van der Waals surface area contributed by atoms with Gasteiger partial charge in [-0.1, -0.05) is 41.4 Å². The largest absolute Gasteiger partial charge is 0.492 e. The first-order chi connectivity index (χ1) is 10.6. The predicted octanol–water partition coefficient (Wildman–Crippen LogP) is 3.22. The van der Waals surface area contributed by atoms with Gasteiger partial charge in [0.15, 0.2) is 6.61 Å². The molecule has 0 saturated carbocycles. The second kappa shape index (κ2) is 8.29. The standard InChI is InChI=1S/C17H18ClNO3/c1-13-6-8-14(9-7-13)21-11-10-19-17(20)12-22-16-5-3-2-4-15(16)18/h2-9H,10-12H2,1H3,(H,19,20). The van der Waals surface area contributed by atoms with E-state index < -0.39 is 0 Å². The Morgan fingerprint density at radius 2 is 1.82 bits per heavy atom. The quantitative estimate of drug-likeness (QED) is 0.797. The minimum Gasteiger partial charge on any atom is -0.492 e. The normalized spacial score (nSPS) is 10.1. The molecule has 1 N–H and O–H groups in total. The number of aryl methyl sites for hydroxylation is 1. The summed E-state index contributed by atoms with van der Waals surface area (Å²) in [7, 11) is 0. The van der Waals surface area contributed by atoms with Crippen molar-refractivity contribution in [3.8, 4) is 11.5 Å². The Kier molecular flexibility index (Phi) is 6.10. The number of nitrogens with one attached hydrogen (secondary N) is 1. The zero-order valence-electron chi connectivity index (χ0n) is 12.3. The first-order valence-electron chi connectivity index (χ1n) is 6.98. The minimum atomic E-state index is -0.215. The van der Waals surface area contributed by atoms with Crippen LogP contribution in [0.1, 0.15) is 5.56 Å². The number of carbonyl (C=O) groups is 1. The average Bonchev–Trinajstić information content (AvgIpc) is 2.52. The second-order valence-corrected chi connectivity index (χ2v) is 5.14. The molecule has 22 heavy (non-hydrogen) atoms. The van der Waals surface area contributed by atoms with Gasteiger partial charge in [-0.15, -0.1) is 0 Å². The van der Waals surface area contributed by atoms with Gasteiger partial charge in [0.05, 0.1) is 11.6 Å². The molecule has 0 heterocycles. The van der Waals surface area contributed by atoms with Crippen LogP contribution in [0.3, 0.4) is 0 Å². The number of rotatable bonds is 7. The number of benzene rings is 2. The highest BCUT2D eigenvalue weighted by Crippen LogP contribution is 2.22. The highest BCUT2D eigenvalue weighted by molar-refractivity contribution is 6.32. The van der Waals surface area contributed by atoms with Gasteiger partial charge >= 0.3 is 0 Å². The average molecular weight is 320 g/mol. The van der Waals surface area contributed by atoms with Crippen molar-refractivity contribution in [1.82, 2.24) is 5.32 Å². The van der Waals surface area contributed by atoms with Crippen LogP contribution in [0.15, 0.2) is 48.5 Å². The molecular weight excluding hydrogens is 302 g/mol. The van der Waals surface area contributed by atoms with Crippen molar-refractivity contribution in [1.29, 1.82) is 0 Å². The molecule has 0 bridgehead atoms. The molecule has 0 saturated heterocycles. The summed E-state index contributed by atoms with van der Waals surface area (Å²) < 4.78 is 10.9. The number of carbonyl (C=O) groups excluding carboxylic acids is 1. The molecule has 0 atom stereocenters. The number of halogens is 1. The molecule has 5 heteroatoms. The van der Waals surface area contributed by atoms with E-state index in [-0.39, 0.29) is 12.5 Å². The summed E-state index contributed by atoms with van der Waals surface area (Å²) in [5.41, 5.74) is 1.18. The first-order valence-corrected chi connectivity index (χ1v) is 7.36. The Bertz CT molecular complexity index is 614. The molecule has 1 amide bonds. The molecule has 116 valence electrons. The molecule has 0 aliphatic rings. The van der Waals surface area contributed by atoms with Gasteiger partial charge in [-0.25, -0.2) is 0 Å². The topological polar surface area (TPSA) is 47.6 Å². The van der Waals surface area contributed by atoms with Crippen LogP contribution < -0.4 is 14.8 Å². The van der Waals surface area contributed by atoms with Crippen molar-refractivity contribution in [3.05, 3.63) is 59.1 Å². The molecule has 0 unspecified atom stereocenters. The summed E-state index contributed by atoms with van der Waals surface area (Å²) in [6.45, 7) is 2.76. The lowest BCUT2D eigenvalue weighted by Crippen LogP contribution is -2.32. The molecule has 0 spiro atoms. The summed E-state index contributed by atoms with van der Waals surface area (Å²) in [6.07, 6.45) is 0. The molecule has 0 radical (unpaired) electrons. The number of ether oxygens (including phenoxy) is 2. The van der Waals surface area contributed by atoms with E-state index in [0.29, 0.717) is 23.9 Å². The Labute approximate surface area is 135 Å². The van der Waals surface area contributed by atoms with Crippen molar-refractivity contribution >= 4 is 17.5 Å². The zero-order chi connectivity index (χ0) is 15.8. The maximum atomic E-state index is 11.6. The van der Waals surface area contributed by atoms with Crippen LogP contribution in [0.2, 0.25) is 5.02 Å². The predicted molar refractivity (Wildman–Crippen MR) is 86.6 cm³/mol. The van der Waals surface area contributed by atoms with E-state index in [2.05, 4.69) is 5.32 Å². The third-order valence-corrected chi connectivity index (χ3v) is 3.22. The molecule has 2 aromatic carbocycles. The Morgan fingerprint density at radius 3 is 2.55 bits per heavy atom. The van der Waals surface area contributed by atoms with Gasteiger partial charge in [-0.3, -0.25) is 4.79 Å².